The van der Waals surface area contributed by atoms with Crippen molar-refractivity contribution in [2.24, 2.45) is 86.8 Å². The van der Waals surface area contributed by atoms with Crippen LogP contribution in [0.25, 0.3) is 0 Å². The Morgan fingerprint density at radius 1 is 0.444 bits per heavy atom. The van der Waals surface area contributed by atoms with Crippen LogP contribution in [-0.4, -0.2) is 92.5 Å². The number of cyclic esters (lactones) is 1. The van der Waals surface area contributed by atoms with E-state index in [0.29, 0.717) is 67.1 Å². The predicted molar refractivity (Wildman–Crippen MR) is 378 cm³/mol. The maximum Gasteiger partial charge on any atom is 0.312 e. The molecule has 1 saturated heterocycles. The lowest BCUT2D eigenvalue weighted by Gasteiger charge is -2.62. The SMILES string of the molecule is C.C.C.C.C.C.C.C.C.C.C.C.CCC(C)(C)C(=O)OC.CCC(C)(C)C(=O)OC1(C)C2CC3CC(C2)CC1C3.CCC(C)(C)C(=O)OC12CC3CC(CC(O)(C3)C1)C2.CCC(C)(C)C(=O)OC12CC3CC(O)(CC(O)(C3)C1)C2.O=C1OCC2C3CCC(C3)C12. The van der Waals surface area contributed by atoms with Gasteiger partial charge >= 0.3 is 29.8 Å². The third-order valence-electron chi connectivity index (χ3n) is 23.3. The van der Waals surface area contributed by atoms with E-state index >= 15 is 0 Å². The molecule has 0 spiro atoms. The van der Waals surface area contributed by atoms with E-state index in [1.165, 1.54) is 64.9 Å². The van der Waals surface area contributed by atoms with Crippen molar-refractivity contribution in [3.05, 3.63) is 0 Å². The van der Waals surface area contributed by atoms with Crippen molar-refractivity contribution in [1.82, 2.24) is 0 Å². The zero-order chi connectivity index (χ0) is 57.5. The largest absolute Gasteiger partial charge is 0.469 e. The Hall–Kier alpha value is -2.77. The summed E-state index contributed by atoms with van der Waals surface area (Å²) in [7, 11) is 1.42. The smallest absolute Gasteiger partial charge is 0.312 e. The zero-order valence-corrected chi connectivity index (χ0v) is 51.0. The molecule has 13 nitrogen and oxygen atoms in total. The summed E-state index contributed by atoms with van der Waals surface area (Å²) < 4.78 is 27.6. The molecule has 13 heteroatoms. The van der Waals surface area contributed by atoms with Crippen LogP contribution in [0.5, 0.6) is 0 Å². The highest BCUT2D eigenvalue weighted by Crippen LogP contribution is 2.63. The number of hydrogen-bond donors (Lipinski definition) is 3. The van der Waals surface area contributed by atoms with E-state index in [9.17, 15) is 39.3 Å². The Balaban J connectivity index is -0.000000331. The van der Waals surface area contributed by atoms with Gasteiger partial charge in [0.1, 0.15) is 16.8 Å². The maximum absolute atomic E-state index is 12.5. The molecule has 0 aromatic rings. The monoisotopic (exact) mass is 1290 g/mol. The van der Waals surface area contributed by atoms with E-state index in [1.807, 2.05) is 76.2 Å². The molecule has 540 valence electrons. The van der Waals surface area contributed by atoms with Gasteiger partial charge in [-0.25, -0.2) is 0 Å². The van der Waals surface area contributed by atoms with E-state index in [0.717, 1.165) is 95.0 Å². The minimum atomic E-state index is -0.842. The number of hydrogen-bond acceptors (Lipinski definition) is 13. The number of ether oxygens (including phenoxy) is 5. The molecule has 1 aliphatic heterocycles. The fourth-order valence-electron chi connectivity index (χ4n) is 18.1. The molecule has 14 aliphatic carbocycles. The van der Waals surface area contributed by atoms with Crippen molar-refractivity contribution in [3.63, 3.8) is 0 Å². The fourth-order valence-corrected chi connectivity index (χ4v) is 18.1. The second-order valence-corrected chi connectivity index (χ2v) is 31.3. The summed E-state index contributed by atoms with van der Waals surface area (Å²) in [5, 5.41) is 32.0. The molecule has 0 aromatic heterocycles. The number of carbonyl (C=O) groups excluding carboxylic acids is 5. The van der Waals surface area contributed by atoms with Gasteiger partial charge in [-0.3, -0.25) is 24.0 Å². The highest BCUT2D eigenvalue weighted by molar-refractivity contribution is 5.78. The molecule has 1 heterocycles. The molecular formula is C77H154O13. The summed E-state index contributed by atoms with van der Waals surface area (Å²) in [4.78, 5) is 59.3. The van der Waals surface area contributed by atoms with Gasteiger partial charge in [-0.2, -0.15) is 0 Å². The Morgan fingerprint density at radius 2 is 0.789 bits per heavy atom. The fraction of sp³-hybridized carbons (Fsp3) is 0.935. The highest BCUT2D eigenvalue weighted by atomic mass is 16.6. The van der Waals surface area contributed by atoms with Crippen LogP contribution >= 0.6 is 0 Å². The van der Waals surface area contributed by atoms with Crippen LogP contribution in [-0.2, 0) is 47.7 Å². The van der Waals surface area contributed by atoms with Crippen LogP contribution in [0.3, 0.4) is 0 Å². The van der Waals surface area contributed by atoms with E-state index < -0.39 is 33.2 Å². The molecule has 14 saturated carbocycles. The van der Waals surface area contributed by atoms with Crippen LogP contribution in [0.4, 0.5) is 0 Å². The third kappa shape index (κ3) is 19.7. The maximum atomic E-state index is 12.5. The van der Waals surface area contributed by atoms with Gasteiger partial charge in [-0.05, 0) is 244 Å². The topological polar surface area (TPSA) is 192 Å². The molecule has 3 N–H and O–H groups in total. The van der Waals surface area contributed by atoms with Crippen molar-refractivity contribution in [1.29, 1.82) is 0 Å². The normalized spacial score (nSPS) is 36.7. The number of esters is 5. The van der Waals surface area contributed by atoms with Crippen LogP contribution < -0.4 is 0 Å². The number of carbonyl (C=O) groups is 5. The second kappa shape index (κ2) is 34.3. The molecule has 0 amide bonds. The first-order valence-electron chi connectivity index (χ1n) is 31.2. The first-order valence-corrected chi connectivity index (χ1v) is 31.2. The highest BCUT2D eigenvalue weighted by Gasteiger charge is 2.65. The van der Waals surface area contributed by atoms with Crippen molar-refractivity contribution < 1.29 is 63.0 Å². The number of rotatable bonds is 11. The molecular weight excluding hydrogens is 1130 g/mol. The Bertz CT molecular complexity index is 2170. The Kier molecular flexibility index (Phi) is 36.5. The van der Waals surface area contributed by atoms with E-state index in [1.54, 1.807) is 0 Å². The first-order chi connectivity index (χ1) is 36.1. The lowest BCUT2D eigenvalue weighted by atomic mass is 9.50. The molecule has 8 atom stereocenters. The molecule has 0 radical (unpaired) electrons. The molecule has 90 heavy (non-hydrogen) atoms. The summed E-state index contributed by atoms with van der Waals surface area (Å²) in [6.45, 7) is 26.4. The van der Waals surface area contributed by atoms with Gasteiger partial charge in [0.15, 0.2) is 0 Å². The summed E-state index contributed by atoms with van der Waals surface area (Å²) in [5.74, 6) is 6.65. The Morgan fingerprint density at radius 3 is 1.16 bits per heavy atom. The minimum Gasteiger partial charge on any atom is -0.469 e. The van der Waals surface area contributed by atoms with Crippen LogP contribution in [0.1, 0.15) is 333 Å². The van der Waals surface area contributed by atoms with Crippen molar-refractivity contribution in [2.75, 3.05) is 13.7 Å². The average molecular weight is 1290 g/mol. The van der Waals surface area contributed by atoms with Gasteiger partial charge in [0.2, 0.25) is 0 Å². The minimum absolute atomic E-state index is 0. The lowest BCUT2D eigenvalue weighted by Crippen LogP contribution is -2.67. The average Bonchev–Trinajstić information content (AvgIpc) is 1.01. The molecule has 8 unspecified atom stereocenters. The van der Waals surface area contributed by atoms with Gasteiger partial charge in [0.25, 0.3) is 0 Å². The molecule has 15 fully saturated rings. The molecule has 0 aromatic carbocycles. The summed E-state index contributed by atoms with van der Waals surface area (Å²) in [6, 6.07) is 0. The van der Waals surface area contributed by atoms with E-state index in [4.69, 9.17) is 18.9 Å². The number of fused-ring (bicyclic) bond motifs is 5. The zero-order valence-electron chi connectivity index (χ0n) is 51.0. The van der Waals surface area contributed by atoms with Gasteiger partial charge in [-0.15, -0.1) is 0 Å². The predicted octanol–water partition coefficient (Wildman–Crippen LogP) is 19.8. The molecule has 15 rings (SSSR count). The summed E-state index contributed by atoms with van der Waals surface area (Å²) >= 11 is 0. The summed E-state index contributed by atoms with van der Waals surface area (Å²) in [5.41, 5.74) is -4.98. The van der Waals surface area contributed by atoms with Gasteiger partial charge < -0.3 is 39.0 Å². The van der Waals surface area contributed by atoms with Gasteiger partial charge in [0, 0.05) is 31.6 Å². The van der Waals surface area contributed by atoms with Gasteiger partial charge in [-0.1, -0.05) is 117 Å². The van der Waals surface area contributed by atoms with Crippen LogP contribution in [0, 0.1) is 86.8 Å². The Labute approximate surface area is 557 Å². The van der Waals surface area contributed by atoms with Crippen molar-refractivity contribution in [3.8, 4) is 0 Å². The second-order valence-electron chi connectivity index (χ2n) is 31.3. The first kappa shape index (κ1) is 95.9. The summed E-state index contributed by atoms with van der Waals surface area (Å²) in [6.07, 6.45) is 23.1. The van der Waals surface area contributed by atoms with Crippen LogP contribution in [0.15, 0.2) is 0 Å². The molecule has 14 bridgehead atoms. The standard InChI is InChI=1S/C17H28O2.C16H26O4.C16H26O3.C9H12O2.C7H14O2.12CH4/c1-5-16(2,3)15(18)19-17(4)13-7-11-6-12(9-13)10-14(17)8-11;1-4-13(2,3)12(17)20-16-7-11-5-14(18,9-16)8-15(19,6-11)10-16;1-4-14(2,3)13(17)19-16-8-11-5-12(9-16)7-15(18,6-11)10-16;10-9-8-6-2-1-5(3-6)7(8)4-11-9;1-5-7(2,3)6(8)9-4;;;;;;;;;;;;/h11-14H,5-10H2,1-4H3;11,18-19H,4-10H2,1-3H3;11-12,18H,4-10H2,1-3H3;5-8H,1-4H2;5H2,1-4H3;12*1H4. The van der Waals surface area contributed by atoms with Crippen molar-refractivity contribution in [2.45, 2.75) is 367 Å². The van der Waals surface area contributed by atoms with E-state index in [-0.39, 0.29) is 147 Å². The van der Waals surface area contributed by atoms with Gasteiger partial charge in [0.05, 0.1) is 58.1 Å². The number of aliphatic hydroxyl groups is 3. The quantitative estimate of drug-likeness (QED) is 0.131. The molecule has 15 aliphatic rings. The lowest BCUT2D eigenvalue weighted by molar-refractivity contribution is -0.264. The van der Waals surface area contributed by atoms with Crippen molar-refractivity contribution >= 4 is 29.8 Å². The number of methoxy groups -OCH3 is 1. The van der Waals surface area contributed by atoms with E-state index in [2.05, 4.69) is 18.6 Å². The van der Waals surface area contributed by atoms with Crippen LogP contribution in [0.2, 0.25) is 0 Å². The third-order valence-corrected chi connectivity index (χ3v) is 23.3.